The van der Waals surface area contributed by atoms with Crippen molar-refractivity contribution >= 4 is 93.3 Å². The van der Waals surface area contributed by atoms with Crippen molar-refractivity contribution < 1.29 is 57.8 Å². The van der Waals surface area contributed by atoms with Crippen LogP contribution in [0.5, 0.6) is 0 Å². The summed E-state index contributed by atoms with van der Waals surface area (Å²) < 4.78 is 0. The predicted molar refractivity (Wildman–Crippen MR) is 413 cm³/mol. The zero-order valence-electron chi connectivity index (χ0n) is 62.6. The number of carbonyl (C=O) groups is 11. The molecule has 109 heavy (non-hydrogen) atoms. The maximum Gasteiger partial charge on any atom is 0.246 e. The van der Waals surface area contributed by atoms with Gasteiger partial charge in [0, 0.05) is 88.5 Å². The highest BCUT2D eigenvalue weighted by Gasteiger charge is 2.41. The normalized spacial score (nSPS) is 15.1. The summed E-state index contributed by atoms with van der Waals surface area (Å²) >= 11 is 6.25. The number of fused-ring (bicyclic) bond motifs is 1. The zero-order valence-corrected chi connectivity index (χ0v) is 63.4. The van der Waals surface area contributed by atoms with E-state index in [0.717, 1.165) is 42.3 Å². The molecule has 1 saturated heterocycles. The maximum absolute atomic E-state index is 15.1. The van der Waals surface area contributed by atoms with Crippen LogP contribution in [0.25, 0.3) is 10.8 Å². The van der Waals surface area contributed by atoms with E-state index < -0.39 is 132 Å². The molecule has 30 heteroatoms. The molecule has 0 saturated carbocycles. The summed E-state index contributed by atoms with van der Waals surface area (Å²) in [5.74, 6) is -9.29. The maximum atomic E-state index is 15.1. The number of nitrogens with two attached hydrogens (primary N) is 2. The van der Waals surface area contributed by atoms with Crippen LogP contribution in [0.15, 0.2) is 140 Å². The van der Waals surface area contributed by atoms with Gasteiger partial charge in [-0.2, -0.15) is 0 Å². The second kappa shape index (κ2) is 43.2. The summed E-state index contributed by atoms with van der Waals surface area (Å²) in [6.07, 6.45) is 7.94. The first-order chi connectivity index (χ1) is 52.2. The predicted octanol–water partition coefficient (Wildman–Crippen LogP) is 2.60. The summed E-state index contributed by atoms with van der Waals surface area (Å²) in [7, 11) is 0. The fourth-order valence-corrected chi connectivity index (χ4v) is 13.0. The van der Waals surface area contributed by atoms with Gasteiger partial charge < -0.3 is 74.6 Å². The fraction of sp³-hybridized carbons (Fsp3) is 0.443. The lowest BCUT2D eigenvalue weighted by molar-refractivity contribution is -0.142. The Morgan fingerprint density at radius 3 is 1.53 bits per heavy atom. The number of aliphatic hydroxyl groups is 1. The largest absolute Gasteiger partial charge is 0.394 e. The average Bonchev–Trinajstić information content (AvgIpc) is 1.77. The summed E-state index contributed by atoms with van der Waals surface area (Å²) in [6.45, 7) is 12.2. The molecule has 4 aromatic carbocycles. The minimum absolute atomic E-state index is 0.0212. The van der Waals surface area contributed by atoms with Gasteiger partial charge in [0.25, 0.3) is 0 Å². The molecule has 584 valence electrons. The number of halogens is 1. The molecule has 29 nitrogen and oxygen atoms in total. The van der Waals surface area contributed by atoms with Crippen LogP contribution in [0.2, 0.25) is 5.02 Å². The van der Waals surface area contributed by atoms with Crippen molar-refractivity contribution in [3.63, 3.8) is 0 Å². The number of hydrogen-bond donors (Lipinski definition) is 14. The van der Waals surface area contributed by atoms with Gasteiger partial charge in [0.2, 0.25) is 65.0 Å². The molecule has 3 heterocycles. The SMILES string of the molecule is CCCN(CCC)Cc1ccc(CC(NC(=O)C(CC(C)C)NC(=O)C(Cc2cccnc2)NC(=O)C(CCCNC(=N)N)NC(=O)C(CO)NC(=O)C(Cc2cccnc2)NC(=O)C(Cc2ccc(Cl)cc2)NC(=O)C(Cc2ccc3ccccc3c2)NC(C)=O)C(=O)N2CCCC2C(=O)NC(C)C(N)=O)cc1. The molecule has 0 spiro atoms. The molecule has 10 atom stereocenters. The standard InChI is InChI=1S/C79H104ClN17O12/c1-7-34-96(35-8-2)46-53-23-21-51(22-24-53)40-66(78(109)97-36-14-20-68(97)77(108)87-49(5)69(81)100)94-71(102)61(37-48(3)4)90-74(105)64(42-55-15-11-31-84-44-55)91-70(101)60(19-13-33-86-79(82)83)89-76(107)67(47-98)95-75(106)65(43-56-16-12-32-85-45-56)93-73(104)63(39-52-26-29-59(80)30-27-52)92-72(103)62(88-50(6)99)41-54-25-28-57-17-9-10-18-58(57)38-54/h9-12,15-18,21-32,38,44-45,48-49,60-68,98H,7-8,13-14,19-20,33-37,39-43,46-47H2,1-6H3,(H2,81,100)(H,87,108)(H,88,99)(H,89,107)(H,90,105)(H,91,101)(H,92,103)(H,93,104)(H,94,102)(H,95,106)(H4,82,83,86). The highest BCUT2D eigenvalue weighted by molar-refractivity contribution is 6.30. The lowest BCUT2D eigenvalue weighted by atomic mass is 9.99. The number of aliphatic hydroxyl groups excluding tert-OH is 1. The fourth-order valence-electron chi connectivity index (χ4n) is 12.9. The molecule has 1 aliphatic rings. The van der Waals surface area contributed by atoms with Crippen LogP contribution in [0.4, 0.5) is 0 Å². The Hall–Kier alpha value is -10.9. The van der Waals surface area contributed by atoms with Gasteiger partial charge in [-0.25, -0.2) is 0 Å². The van der Waals surface area contributed by atoms with Crippen molar-refractivity contribution in [1.29, 1.82) is 5.41 Å². The number of aromatic nitrogens is 2. The molecule has 6 aromatic rings. The minimum atomic E-state index is -1.81. The minimum Gasteiger partial charge on any atom is -0.394 e. The highest BCUT2D eigenvalue weighted by Crippen LogP contribution is 2.23. The van der Waals surface area contributed by atoms with Gasteiger partial charge in [-0.15, -0.1) is 0 Å². The number of likely N-dealkylation sites (tertiary alicyclic amines) is 1. The molecule has 7 rings (SSSR count). The Labute approximate surface area is 640 Å². The number of hydrogen-bond acceptors (Lipinski definition) is 16. The molecule has 0 aliphatic carbocycles. The Kier molecular flexibility index (Phi) is 33.8. The van der Waals surface area contributed by atoms with Crippen LogP contribution in [-0.4, -0.2) is 189 Å². The van der Waals surface area contributed by atoms with Gasteiger partial charge >= 0.3 is 0 Å². The molecule has 16 N–H and O–H groups in total. The molecule has 0 bridgehead atoms. The molecule has 0 radical (unpaired) electrons. The average molecular weight is 1520 g/mol. The first-order valence-electron chi connectivity index (χ1n) is 37.0. The van der Waals surface area contributed by atoms with Gasteiger partial charge in [0.05, 0.1) is 6.61 Å². The molecular formula is C79H104ClN17O12. The van der Waals surface area contributed by atoms with Crippen LogP contribution >= 0.6 is 11.6 Å². The third-order valence-electron chi connectivity index (χ3n) is 18.5. The topological polar surface area (TPSA) is 436 Å². The van der Waals surface area contributed by atoms with Crippen molar-refractivity contribution in [2.24, 2.45) is 17.4 Å². The number of nitrogens with one attached hydrogen (secondary N) is 11. The summed E-state index contributed by atoms with van der Waals surface area (Å²) in [4.78, 5) is 169. The first kappa shape index (κ1) is 85.3. The molecule has 10 unspecified atom stereocenters. The van der Waals surface area contributed by atoms with E-state index in [-0.39, 0.29) is 82.8 Å². The number of benzene rings is 4. The van der Waals surface area contributed by atoms with Crippen LogP contribution in [0.1, 0.15) is 120 Å². The van der Waals surface area contributed by atoms with Crippen molar-refractivity contribution in [3.05, 3.63) is 178 Å². The van der Waals surface area contributed by atoms with Gasteiger partial charge in [-0.05, 0) is 139 Å². The summed E-state index contributed by atoms with van der Waals surface area (Å²) in [6, 6.07) is 20.4. The molecule has 2 aromatic heterocycles. The van der Waals surface area contributed by atoms with E-state index in [4.69, 9.17) is 28.5 Å². The van der Waals surface area contributed by atoms with Crippen LogP contribution in [0, 0.1) is 11.3 Å². The molecular weight excluding hydrogens is 1410 g/mol. The van der Waals surface area contributed by atoms with E-state index in [0.29, 0.717) is 45.8 Å². The van der Waals surface area contributed by atoms with E-state index in [1.807, 2.05) is 80.6 Å². The molecule has 11 amide bonds. The number of amides is 11. The number of pyridine rings is 2. The van der Waals surface area contributed by atoms with Crippen LogP contribution < -0.4 is 64.6 Å². The van der Waals surface area contributed by atoms with Gasteiger partial charge in [0.15, 0.2) is 5.96 Å². The Morgan fingerprint density at radius 2 is 1.01 bits per heavy atom. The van der Waals surface area contributed by atoms with Crippen LogP contribution in [0.3, 0.4) is 0 Å². The first-order valence-corrected chi connectivity index (χ1v) is 37.4. The third kappa shape index (κ3) is 27.7. The van der Waals surface area contributed by atoms with E-state index in [9.17, 15) is 48.3 Å². The number of primary amides is 1. The Balaban J connectivity index is 1.13. The summed E-state index contributed by atoms with van der Waals surface area (Å²) in [5, 5.41) is 48.1. The van der Waals surface area contributed by atoms with E-state index >= 15 is 9.59 Å². The van der Waals surface area contributed by atoms with E-state index in [1.165, 1.54) is 43.5 Å². The lowest BCUT2D eigenvalue weighted by Gasteiger charge is -2.31. The van der Waals surface area contributed by atoms with Gasteiger partial charge in [-0.1, -0.05) is 130 Å². The second-order valence-corrected chi connectivity index (χ2v) is 28.4. The molecule has 1 fully saturated rings. The van der Waals surface area contributed by atoms with Crippen molar-refractivity contribution in [3.8, 4) is 0 Å². The molecule has 1 aliphatic heterocycles. The third-order valence-corrected chi connectivity index (χ3v) is 18.7. The summed E-state index contributed by atoms with van der Waals surface area (Å²) in [5.41, 5.74) is 15.0. The smallest absolute Gasteiger partial charge is 0.246 e. The van der Waals surface area contributed by atoms with Crippen molar-refractivity contribution in [1.82, 2.24) is 72.9 Å². The monoisotopic (exact) mass is 1520 g/mol. The van der Waals surface area contributed by atoms with Crippen molar-refractivity contribution in [2.75, 3.05) is 32.8 Å². The van der Waals surface area contributed by atoms with Gasteiger partial charge in [-0.3, -0.25) is 73.0 Å². The van der Waals surface area contributed by atoms with Crippen molar-refractivity contribution in [2.45, 2.75) is 186 Å². The Morgan fingerprint density at radius 1 is 0.550 bits per heavy atom. The number of guanidine groups is 1. The zero-order chi connectivity index (χ0) is 79.1. The van der Waals surface area contributed by atoms with E-state index in [1.54, 1.807) is 48.5 Å². The van der Waals surface area contributed by atoms with Gasteiger partial charge in [0.1, 0.15) is 60.4 Å². The Bertz CT molecular complexity index is 4060. The quantitative estimate of drug-likeness (QED) is 0.0149. The lowest BCUT2D eigenvalue weighted by Crippen LogP contribution is -2.61. The van der Waals surface area contributed by atoms with Crippen LogP contribution in [-0.2, 0) is 91.4 Å². The number of rotatable bonds is 42. The number of nitrogens with zero attached hydrogens (tertiary/aromatic N) is 4. The highest BCUT2D eigenvalue weighted by atomic mass is 35.5. The second-order valence-electron chi connectivity index (χ2n) is 27.9. The van der Waals surface area contributed by atoms with E-state index in [2.05, 4.69) is 81.9 Å². The number of carbonyl (C=O) groups excluding carboxylic acids is 11.